The third-order valence-corrected chi connectivity index (χ3v) is 5.37. The van der Waals surface area contributed by atoms with E-state index in [1.807, 2.05) is 49.6 Å². The molecule has 1 fully saturated rings. The minimum atomic E-state index is -0.00848. The first-order valence-corrected chi connectivity index (χ1v) is 10.3. The molecule has 156 valence electrons. The monoisotopic (exact) mass is 404 g/mol. The highest BCUT2D eigenvalue weighted by Gasteiger charge is 2.20. The van der Waals surface area contributed by atoms with Gasteiger partial charge in [0.25, 0.3) is 0 Å². The Kier molecular flexibility index (Phi) is 6.21. The average molecular weight is 405 g/mol. The topological polar surface area (TPSA) is 66.3 Å². The van der Waals surface area contributed by atoms with Crippen LogP contribution < -0.4 is 5.32 Å². The molecule has 2 aromatic heterocycles. The third-order valence-electron chi connectivity index (χ3n) is 5.37. The van der Waals surface area contributed by atoms with Gasteiger partial charge in [-0.3, -0.25) is 19.6 Å². The standard InChI is InChI=1S/C23H28N6O/c1-18-3-5-21(6-4-18)29-22(15-19(2)26-29)25-23(30)17-28-13-11-27(12-14-28)16-20-7-9-24-10-8-20/h3-10,15H,11-14,16-17H2,1-2H3,(H,25,30). The number of aromatic nitrogens is 3. The first kappa shape index (κ1) is 20.3. The lowest BCUT2D eigenvalue weighted by molar-refractivity contribution is -0.117. The highest BCUT2D eigenvalue weighted by molar-refractivity contribution is 5.91. The Hall–Kier alpha value is -3.03. The zero-order valence-electron chi connectivity index (χ0n) is 17.6. The Morgan fingerprint density at radius 3 is 2.33 bits per heavy atom. The molecule has 30 heavy (non-hydrogen) atoms. The number of nitrogens with one attached hydrogen (secondary N) is 1. The molecule has 0 radical (unpaired) electrons. The zero-order valence-corrected chi connectivity index (χ0v) is 17.6. The maximum atomic E-state index is 12.7. The van der Waals surface area contributed by atoms with Crippen LogP contribution in [0.3, 0.4) is 0 Å². The van der Waals surface area contributed by atoms with Crippen LogP contribution >= 0.6 is 0 Å². The number of amides is 1. The van der Waals surface area contributed by atoms with Crippen LogP contribution in [0.15, 0.2) is 54.9 Å². The molecule has 1 saturated heterocycles. The fourth-order valence-electron chi connectivity index (χ4n) is 3.71. The second-order valence-electron chi connectivity index (χ2n) is 7.87. The lowest BCUT2D eigenvalue weighted by Crippen LogP contribution is -2.48. The fourth-order valence-corrected chi connectivity index (χ4v) is 3.71. The number of anilines is 1. The predicted molar refractivity (Wildman–Crippen MR) is 118 cm³/mol. The number of carbonyl (C=O) groups excluding carboxylic acids is 1. The van der Waals surface area contributed by atoms with Crippen LogP contribution in [0.25, 0.3) is 5.69 Å². The third kappa shape index (κ3) is 5.11. The van der Waals surface area contributed by atoms with E-state index in [0.29, 0.717) is 12.4 Å². The van der Waals surface area contributed by atoms with E-state index >= 15 is 0 Å². The van der Waals surface area contributed by atoms with Crippen LogP contribution in [-0.2, 0) is 11.3 Å². The maximum absolute atomic E-state index is 12.7. The summed E-state index contributed by atoms with van der Waals surface area (Å²) in [6, 6.07) is 14.1. The van der Waals surface area contributed by atoms with E-state index in [4.69, 9.17) is 0 Å². The van der Waals surface area contributed by atoms with E-state index in [9.17, 15) is 4.79 Å². The van der Waals surface area contributed by atoms with Crippen molar-refractivity contribution in [2.45, 2.75) is 20.4 Å². The number of rotatable bonds is 6. The van der Waals surface area contributed by atoms with Crippen LogP contribution in [0.2, 0.25) is 0 Å². The fraction of sp³-hybridized carbons (Fsp3) is 0.348. The minimum Gasteiger partial charge on any atom is -0.309 e. The molecule has 4 rings (SSSR count). The van der Waals surface area contributed by atoms with Crippen molar-refractivity contribution in [2.24, 2.45) is 0 Å². The first-order chi connectivity index (χ1) is 14.6. The quantitative estimate of drug-likeness (QED) is 0.684. The van der Waals surface area contributed by atoms with Crippen LogP contribution in [0.1, 0.15) is 16.8 Å². The Bertz CT molecular complexity index is 975. The van der Waals surface area contributed by atoms with Gasteiger partial charge in [-0.1, -0.05) is 17.7 Å². The summed E-state index contributed by atoms with van der Waals surface area (Å²) in [6.45, 7) is 8.98. The number of benzene rings is 1. The molecular weight excluding hydrogens is 376 g/mol. The number of carbonyl (C=O) groups is 1. The highest BCUT2D eigenvalue weighted by Crippen LogP contribution is 2.18. The number of hydrogen-bond donors (Lipinski definition) is 1. The van der Waals surface area contributed by atoms with E-state index in [-0.39, 0.29) is 5.91 Å². The van der Waals surface area contributed by atoms with Gasteiger partial charge in [-0.25, -0.2) is 4.68 Å². The molecule has 0 saturated carbocycles. The van der Waals surface area contributed by atoms with E-state index in [1.54, 1.807) is 4.68 Å². The summed E-state index contributed by atoms with van der Waals surface area (Å²) in [5.74, 6) is 0.698. The second kappa shape index (κ2) is 9.19. The first-order valence-electron chi connectivity index (χ1n) is 10.3. The van der Waals surface area contributed by atoms with Gasteiger partial charge >= 0.3 is 0 Å². The minimum absolute atomic E-state index is 0.00848. The van der Waals surface area contributed by atoms with Gasteiger partial charge in [-0.15, -0.1) is 0 Å². The summed E-state index contributed by atoms with van der Waals surface area (Å²) in [4.78, 5) is 21.4. The summed E-state index contributed by atoms with van der Waals surface area (Å²) in [6.07, 6.45) is 3.66. The molecule has 1 N–H and O–H groups in total. The van der Waals surface area contributed by atoms with Crippen LogP contribution in [0, 0.1) is 13.8 Å². The lowest BCUT2D eigenvalue weighted by Gasteiger charge is -2.34. The van der Waals surface area contributed by atoms with Crippen molar-refractivity contribution in [1.82, 2.24) is 24.6 Å². The molecule has 0 bridgehead atoms. The highest BCUT2D eigenvalue weighted by atomic mass is 16.2. The molecule has 3 heterocycles. The number of hydrogen-bond acceptors (Lipinski definition) is 5. The molecule has 0 aliphatic carbocycles. The van der Waals surface area contributed by atoms with Crippen molar-refractivity contribution in [2.75, 3.05) is 38.0 Å². The molecule has 7 heteroatoms. The smallest absolute Gasteiger partial charge is 0.239 e. The molecule has 0 unspecified atom stereocenters. The molecule has 1 aliphatic heterocycles. The molecule has 0 atom stereocenters. The van der Waals surface area contributed by atoms with Gasteiger partial charge in [0, 0.05) is 51.2 Å². The van der Waals surface area contributed by atoms with Crippen molar-refractivity contribution in [3.8, 4) is 5.69 Å². The van der Waals surface area contributed by atoms with E-state index < -0.39 is 0 Å². The molecule has 0 spiro atoms. The van der Waals surface area contributed by atoms with Crippen LogP contribution in [0.4, 0.5) is 5.82 Å². The van der Waals surface area contributed by atoms with Crippen molar-refractivity contribution in [1.29, 1.82) is 0 Å². The van der Waals surface area contributed by atoms with E-state index in [0.717, 1.165) is 44.1 Å². The summed E-state index contributed by atoms with van der Waals surface area (Å²) in [5.41, 5.74) is 4.27. The number of aryl methyl sites for hydroxylation is 2. The zero-order chi connectivity index (χ0) is 20.9. The Balaban J connectivity index is 1.31. The van der Waals surface area contributed by atoms with Crippen molar-refractivity contribution < 1.29 is 4.79 Å². The SMILES string of the molecule is Cc1ccc(-n2nc(C)cc2NC(=O)CN2CCN(Cc3ccncc3)CC2)cc1. The van der Waals surface area contributed by atoms with Crippen molar-refractivity contribution >= 4 is 11.7 Å². The van der Waals surface area contributed by atoms with Gasteiger partial charge in [0.2, 0.25) is 5.91 Å². The predicted octanol–water partition coefficient (Wildman–Crippen LogP) is 2.64. The van der Waals surface area contributed by atoms with Gasteiger partial charge in [0.1, 0.15) is 5.82 Å². The van der Waals surface area contributed by atoms with Gasteiger partial charge in [-0.05, 0) is 43.7 Å². The van der Waals surface area contributed by atoms with Crippen molar-refractivity contribution in [3.05, 3.63) is 71.7 Å². The molecule has 1 aromatic carbocycles. The summed E-state index contributed by atoms with van der Waals surface area (Å²) < 4.78 is 1.79. The molecule has 3 aromatic rings. The number of piperazine rings is 1. The lowest BCUT2D eigenvalue weighted by atomic mass is 10.2. The van der Waals surface area contributed by atoms with Crippen molar-refractivity contribution in [3.63, 3.8) is 0 Å². The second-order valence-corrected chi connectivity index (χ2v) is 7.87. The van der Waals surface area contributed by atoms with Crippen LogP contribution in [-0.4, -0.2) is 63.2 Å². The number of pyridine rings is 1. The largest absolute Gasteiger partial charge is 0.309 e. The van der Waals surface area contributed by atoms with Crippen LogP contribution in [0.5, 0.6) is 0 Å². The molecule has 7 nitrogen and oxygen atoms in total. The van der Waals surface area contributed by atoms with Gasteiger partial charge in [-0.2, -0.15) is 5.10 Å². The molecule has 1 amide bonds. The molecular formula is C23H28N6O. The number of nitrogens with zero attached hydrogens (tertiary/aromatic N) is 5. The van der Waals surface area contributed by atoms with Gasteiger partial charge in [0.15, 0.2) is 0 Å². The normalized spacial score (nSPS) is 15.3. The Morgan fingerprint density at radius 1 is 0.967 bits per heavy atom. The Labute approximate surface area is 177 Å². The van der Waals surface area contributed by atoms with Gasteiger partial charge < -0.3 is 5.32 Å². The van der Waals surface area contributed by atoms with E-state index in [2.05, 4.69) is 44.3 Å². The summed E-state index contributed by atoms with van der Waals surface area (Å²) in [7, 11) is 0. The van der Waals surface area contributed by atoms with Gasteiger partial charge in [0.05, 0.1) is 17.9 Å². The Morgan fingerprint density at radius 2 is 1.63 bits per heavy atom. The summed E-state index contributed by atoms with van der Waals surface area (Å²) >= 11 is 0. The maximum Gasteiger partial charge on any atom is 0.239 e. The summed E-state index contributed by atoms with van der Waals surface area (Å²) in [5, 5.41) is 7.58. The average Bonchev–Trinajstić information content (AvgIpc) is 3.10. The molecule has 1 aliphatic rings. The van der Waals surface area contributed by atoms with E-state index in [1.165, 1.54) is 11.1 Å².